The Morgan fingerprint density at radius 1 is 0.625 bits per heavy atom. The molecule has 8 heteroatoms. The van der Waals surface area contributed by atoms with Gasteiger partial charge < -0.3 is 0 Å². The van der Waals surface area contributed by atoms with Crippen molar-refractivity contribution in [3.63, 3.8) is 0 Å². The third kappa shape index (κ3) is 188. The molecule has 0 fully saturated rings. The first-order valence-corrected chi connectivity index (χ1v) is 5.38. The maximum atomic E-state index is 9.90. The molecule has 0 aliphatic heterocycles. The molecule has 0 spiro atoms. The largest absolute Gasteiger partial charge is 0 e. The average Bonchev–Trinajstić information content (AvgIpc) is 0.592. The Morgan fingerprint density at radius 3 is 0.625 bits per heavy atom. The third-order valence-electron chi connectivity index (χ3n) is 0. The molecule has 53 valence electrons. The molecule has 3 radical (unpaired) electrons. The van der Waals surface area contributed by atoms with Crippen LogP contribution in [0.4, 0.5) is 0.501 Å². The van der Waals surface area contributed by atoms with Gasteiger partial charge in [-0.2, -0.15) is 0 Å². The molecule has 0 unspecified atom stereocenters. The van der Waals surface area contributed by atoms with Crippen molar-refractivity contribution in [2.75, 3.05) is 0 Å². The molecule has 0 aromatic heterocycles. The smallest absolute Gasteiger partial charge is 0 e. The van der Waals surface area contributed by atoms with Crippen LogP contribution in [0.25, 0.3) is 0 Å². The minimum absolute atomic E-state index is 0. The van der Waals surface area contributed by atoms with E-state index in [0.29, 0.717) is 0 Å². The summed E-state index contributed by atoms with van der Waals surface area (Å²) in [5, 5.41) is 0. The van der Waals surface area contributed by atoms with Crippen molar-refractivity contribution in [2.45, 2.75) is 0 Å². The molecule has 0 heterocycles. The first kappa shape index (κ1) is 11.9. The predicted octanol–water partition coefficient (Wildman–Crippen LogP) is 2.14. The van der Waals surface area contributed by atoms with Gasteiger partial charge >= 0.3 is 40.8 Å². The van der Waals surface area contributed by atoms with Crippen molar-refractivity contribution in [3.8, 4) is 0 Å². The average molecular weight is 256 g/mol. The van der Waals surface area contributed by atoms with E-state index in [2.05, 4.69) is 0 Å². The molecule has 0 aromatic rings. The van der Waals surface area contributed by atoms with Gasteiger partial charge in [0, 0.05) is 8.41 Å². The van der Waals surface area contributed by atoms with Crippen LogP contribution in [0.5, 0.6) is 0 Å². The van der Waals surface area contributed by atoms with Gasteiger partial charge in [-0.3, -0.25) is 0 Å². The van der Waals surface area contributed by atoms with E-state index in [4.69, 9.17) is 0 Å². The minimum Gasteiger partial charge on any atom is 0 e. The van der Waals surface area contributed by atoms with Crippen LogP contribution in [0, 0.1) is 40.3 Å². The van der Waals surface area contributed by atoms with Gasteiger partial charge in [-0.05, 0) is 0 Å². The van der Waals surface area contributed by atoms with Gasteiger partial charge in [-0.1, -0.05) is 0 Å². The van der Waals surface area contributed by atoms with Crippen LogP contribution >= 0.6 is 0 Å². The quantitative estimate of drug-likeness (QED) is 0.460. The molecule has 0 saturated carbocycles. The number of hydrogen-bond acceptors (Lipinski definition) is 0. The molecular formula is BF6Xe. The summed E-state index contributed by atoms with van der Waals surface area (Å²) < 4.78 is 59.4. The van der Waals surface area contributed by atoms with Gasteiger partial charge in [0.05, 0.1) is 0 Å². The molecule has 0 bridgehead atoms. The fourth-order valence-corrected chi connectivity index (χ4v) is 0. The van der Waals surface area contributed by atoms with E-state index in [-0.39, 0.29) is 8.41 Å². The van der Waals surface area contributed by atoms with Crippen molar-refractivity contribution in [1.82, 2.24) is 0 Å². The van der Waals surface area contributed by atoms with Crippen molar-refractivity contribution >= 4 is 8.41 Å². The summed E-state index contributed by atoms with van der Waals surface area (Å²) in [4.78, 5) is 0. The maximum Gasteiger partial charge on any atom is 0 e. The first-order valence-electron chi connectivity index (χ1n) is 0.802. The number of rotatable bonds is 0. The second-order valence-corrected chi connectivity index (χ2v) is 5.08. The Balaban J connectivity index is 0. The molecule has 0 aliphatic carbocycles. The van der Waals surface area contributed by atoms with Crippen LogP contribution in [0.15, 0.2) is 0 Å². The Kier molecular flexibility index (Phi) is 2.43. The molecule has 0 nitrogen and oxygen atoms in total. The van der Waals surface area contributed by atoms with Crippen LogP contribution in [0.1, 0.15) is 0 Å². The van der Waals surface area contributed by atoms with Crippen molar-refractivity contribution in [3.05, 3.63) is 0 Å². The zero-order valence-corrected chi connectivity index (χ0v) is 5.22. The Labute approximate surface area is 48.4 Å². The van der Waals surface area contributed by atoms with Gasteiger partial charge in [0.15, 0.2) is 0 Å². The van der Waals surface area contributed by atoms with Crippen LogP contribution in [-0.4, -0.2) is 8.41 Å². The van der Waals surface area contributed by atoms with Crippen LogP contribution in [0.2, 0.25) is 0 Å². The number of hydrogen-bond donors (Lipinski definition) is 0. The SMILES string of the molecule is F[Xe](F)(F)(F)(F)F.[B]. The van der Waals surface area contributed by atoms with Crippen molar-refractivity contribution in [1.29, 1.82) is 0 Å². The van der Waals surface area contributed by atoms with E-state index in [1.807, 2.05) is 0 Å². The molecule has 0 rings (SSSR count). The Hall–Kier alpha value is 1.22. The Bertz CT molecular complexity index is 67.1. The van der Waals surface area contributed by atoms with E-state index in [1.165, 1.54) is 0 Å². The standard InChI is InChI=1S/B.F6Xe/c;1-7(2,3,4,5)6. The van der Waals surface area contributed by atoms with Crippen LogP contribution < -0.4 is 0 Å². The second-order valence-electron chi connectivity index (χ2n) is 0.758. The first-order chi connectivity index (χ1) is 2.45. The molecule has 0 aliphatic rings. The molecule has 0 N–H and O–H groups in total. The molecule has 0 aromatic carbocycles. The topological polar surface area (TPSA) is 0 Å². The fraction of sp³-hybridized carbons (Fsp3) is 0. The van der Waals surface area contributed by atoms with Gasteiger partial charge in [0.25, 0.3) is 0 Å². The van der Waals surface area contributed by atoms with Gasteiger partial charge in [0.2, 0.25) is 0 Å². The normalized spacial score (nSPS) is 20.2. The second kappa shape index (κ2) is 1.63. The summed E-state index contributed by atoms with van der Waals surface area (Å²) >= 11 is -11.0. The van der Waals surface area contributed by atoms with E-state index >= 15 is 0 Å². The van der Waals surface area contributed by atoms with Crippen molar-refractivity contribution < 1.29 is 40.8 Å². The summed E-state index contributed by atoms with van der Waals surface area (Å²) in [7, 11) is 0. The molecule has 0 saturated heterocycles. The zero-order valence-electron chi connectivity index (χ0n) is 3.20. The zero-order chi connectivity index (χ0) is 6.41. The van der Waals surface area contributed by atoms with Gasteiger partial charge in [0.1, 0.15) is 0 Å². The summed E-state index contributed by atoms with van der Waals surface area (Å²) in [6, 6.07) is 0. The fourth-order valence-electron chi connectivity index (χ4n) is 0. The maximum absolute atomic E-state index is 11.0. The number of halogens is 6. The van der Waals surface area contributed by atoms with E-state index in [1.54, 1.807) is 0 Å². The summed E-state index contributed by atoms with van der Waals surface area (Å²) in [5.41, 5.74) is 0. The molecular weight excluding hydrogens is 256 g/mol. The van der Waals surface area contributed by atoms with Gasteiger partial charge in [-0.25, -0.2) is 0 Å². The summed E-state index contributed by atoms with van der Waals surface area (Å²) in [5.74, 6) is 0. The Morgan fingerprint density at radius 2 is 0.625 bits per heavy atom. The van der Waals surface area contributed by atoms with Gasteiger partial charge in [-0.15, -0.1) is 0 Å². The molecule has 8 heavy (non-hydrogen) atoms. The molecule has 0 atom stereocenters. The predicted molar refractivity (Wildman–Crippen MR) is 12.4 cm³/mol. The van der Waals surface area contributed by atoms with E-state index in [9.17, 15) is 0.501 Å². The van der Waals surface area contributed by atoms with E-state index in [0.717, 1.165) is 0 Å². The minimum atomic E-state index is -11.0. The van der Waals surface area contributed by atoms with Crippen molar-refractivity contribution in [2.24, 2.45) is 0 Å². The van der Waals surface area contributed by atoms with E-state index < -0.39 is 40.3 Å². The third-order valence-corrected chi connectivity index (χ3v) is 0. The monoisotopic (exact) mass is 257 g/mol. The summed E-state index contributed by atoms with van der Waals surface area (Å²) in [6.45, 7) is 0. The van der Waals surface area contributed by atoms with Crippen LogP contribution in [-0.2, 0) is 0 Å². The van der Waals surface area contributed by atoms with Crippen LogP contribution in [0.3, 0.4) is 0 Å². The molecule has 0 amide bonds. The summed E-state index contributed by atoms with van der Waals surface area (Å²) in [6.07, 6.45) is 0.